The standard InChI is InChI=1S/C18H14BrNO3/c1-12-16(20-17(23-12)13-5-3-2-4-6-13)11-22-18(21)14-7-9-15(19)10-8-14/h2-10H,11H2,1H3. The normalized spacial score (nSPS) is 10.5. The molecular weight excluding hydrogens is 358 g/mol. The lowest BCUT2D eigenvalue weighted by atomic mass is 10.2. The molecule has 0 spiro atoms. The highest BCUT2D eigenvalue weighted by molar-refractivity contribution is 9.10. The van der Waals surface area contributed by atoms with Crippen molar-refractivity contribution in [3.63, 3.8) is 0 Å². The van der Waals surface area contributed by atoms with Crippen LogP contribution in [0.4, 0.5) is 0 Å². The molecule has 2 aromatic carbocycles. The lowest BCUT2D eigenvalue weighted by Crippen LogP contribution is -2.05. The van der Waals surface area contributed by atoms with Crippen LogP contribution in [0.1, 0.15) is 21.8 Å². The maximum Gasteiger partial charge on any atom is 0.338 e. The summed E-state index contributed by atoms with van der Waals surface area (Å²) < 4.78 is 11.9. The van der Waals surface area contributed by atoms with Crippen LogP contribution in [0.15, 0.2) is 63.5 Å². The first kappa shape index (κ1) is 15.5. The maximum atomic E-state index is 12.0. The van der Waals surface area contributed by atoms with Crippen LogP contribution in [0.5, 0.6) is 0 Å². The topological polar surface area (TPSA) is 52.3 Å². The Morgan fingerprint density at radius 3 is 2.52 bits per heavy atom. The molecule has 0 bridgehead atoms. The molecule has 0 radical (unpaired) electrons. The average Bonchev–Trinajstić information content (AvgIpc) is 2.95. The van der Waals surface area contributed by atoms with E-state index < -0.39 is 0 Å². The Balaban J connectivity index is 1.70. The third-order valence-electron chi connectivity index (χ3n) is 3.33. The molecule has 3 rings (SSSR count). The van der Waals surface area contributed by atoms with E-state index in [9.17, 15) is 4.79 Å². The predicted octanol–water partition coefficient (Wildman–Crippen LogP) is 4.77. The number of halogens is 1. The Hall–Kier alpha value is -2.40. The molecule has 0 saturated carbocycles. The molecule has 0 aliphatic carbocycles. The number of carbonyl (C=O) groups excluding carboxylic acids is 1. The van der Waals surface area contributed by atoms with Crippen molar-refractivity contribution >= 4 is 21.9 Å². The molecule has 1 heterocycles. The number of hydrogen-bond acceptors (Lipinski definition) is 4. The van der Waals surface area contributed by atoms with Crippen LogP contribution in [0.3, 0.4) is 0 Å². The van der Waals surface area contributed by atoms with E-state index in [2.05, 4.69) is 20.9 Å². The van der Waals surface area contributed by atoms with Crippen molar-refractivity contribution in [3.8, 4) is 11.5 Å². The van der Waals surface area contributed by atoms with Crippen molar-refractivity contribution in [2.24, 2.45) is 0 Å². The monoisotopic (exact) mass is 371 g/mol. The fourth-order valence-corrected chi connectivity index (χ4v) is 2.33. The number of ether oxygens (including phenoxy) is 1. The molecule has 116 valence electrons. The van der Waals surface area contributed by atoms with Crippen molar-refractivity contribution in [1.29, 1.82) is 0 Å². The molecule has 0 unspecified atom stereocenters. The van der Waals surface area contributed by atoms with Gasteiger partial charge in [0.2, 0.25) is 5.89 Å². The third kappa shape index (κ3) is 3.68. The number of carbonyl (C=O) groups is 1. The van der Waals surface area contributed by atoms with Gasteiger partial charge in [0.25, 0.3) is 0 Å². The van der Waals surface area contributed by atoms with E-state index in [1.807, 2.05) is 37.3 Å². The molecule has 0 N–H and O–H groups in total. The van der Waals surface area contributed by atoms with Crippen LogP contribution in [0.2, 0.25) is 0 Å². The summed E-state index contributed by atoms with van der Waals surface area (Å²) in [5, 5.41) is 0. The fraction of sp³-hybridized carbons (Fsp3) is 0.111. The van der Waals surface area contributed by atoms with Gasteiger partial charge in [-0.15, -0.1) is 0 Å². The number of rotatable bonds is 4. The van der Waals surface area contributed by atoms with Crippen LogP contribution in [-0.2, 0) is 11.3 Å². The van der Waals surface area contributed by atoms with E-state index >= 15 is 0 Å². The fourth-order valence-electron chi connectivity index (χ4n) is 2.07. The van der Waals surface area contributed by atoms with Gasteiger partial charge >= 0.3 is 5.97 Å². The Bertz CT molecular complexity index is 810. The second-order valence-electron chi connectivity index (χ2n) is 4.97. The SMILES string of the molecule is Cc1oc(-c2ccccc2)nc1COC(=O)c1ccc(Br)cc1. The van der Waals surface area contributed by atoms with Crippen molar-refractivity contribution in [2.75, 3.05) is 0 Å². The summed E-state index contributed by atoms with van der Waals surface area (Å²) in [5.74, 6) is 0.784. The zero-order valence-electron chi connectivity index (χ0n) is 12.5. The van der Waals surface area contributed by atoms with E-state index in [0.717, 1.165) is 10.0 Å². The highest BCUT2D eigenvalue weighted by atomic mass is 79.9. The number of hydrogen-bond donors (Lipinski definition) is 0. The number of aryl methyl sites for hydroxylation is 1. The molecule has 0 saturated heterocycles. The lowest BCUT2D eigenvalue weighted by Gasteiger charge is -2.03. The van der Waals surface area contributed by atoms with Gasteiger partial charge in [0, 0.05) is 10.0 Å². The summed E-state index contributed by atoms with van der Waals surface area (Å²) in [6.45, 7) is 1.89. The highest BCUT2D eigenvalue weighted by Gasteiger charge is 2.14. The maximum absolute atomic E-state index is 12.0. The summed E-state index contributed by atoms with van der Waals surface area (Å²) in [6, 6.07) is 16.6. The number of oxazole rings is 1. The van der Waals surface area contributed by atoms with E-state index in [1.165, 1.54) is 0 Å². The quantitative estimate of drug-likeness (QED) is 0.619. The molecule has 1 aromatic heterocycles. The van der Waals surface area contributed by atoms with Crippen molar-refractivity contribution < 1.29 is 13.9 Å². The number of aromatic nitrogens is 1. The van der Waals surface area contributed by atoms with E-state index in [1.54, 1.807) is 24.3 Å². The first-order chi connectivity index (χ1) is 11.1. The Labute approximate surface area is 142 Å². The van der Waals surface area contributed by atoms with E-state index in [4.69, 9.17) is 9.15 Å². The van der Waals surface area contributed by atoms with Gasteiger partial charge in [-0.3, -0.25) is 0 Å². The molecule has 0 atom stereocenters. The minimum Gasteiger partial charge on any atom is -0.455 e. The minimum absolute atomic E-state index is 0.0804. The van der Waals surface area contributed by atoms with E-state index in [0.29, 0.717) is 22.9 Å². The van der Waals surface area contributed by atoms with Crippen LogP contribution in [0.25, 0.3) is 11.5 Å². The van der Waals surface area contributed by atoms with Gasteiger partial charge in [-0.1, -0.05) is 34.1 Å². The van der Waals surface area contributed by atoms with Gasteiger partial charge in [0.15, 0.2) is 0 Å². The molecule has 0 aliphatic heterocycles. The molecule has 5 heteroatoms. The number of benzene rings is 2. The first-order valence-electron chi connectivity index (χ1n) is 7.08. The van der Waals surface area contributed by atoms with Crippen molar-refractivity contribution in [3.05, 3.63) is 76.1 Å². The van der Waals surface area contributed by atoms with Gasteiger partial charge in [0.1, 0.15) is 18.1 Å². The minimum atomic E-state index is -0.388. The summed E-state index contributed by atoms with van der Waals surface area (Å²) in [5.41, 5.74) is 2.01. The summed E-state index contributed by atoms with van der Waals surface area (Å²) in [7, 11) is 0. The van der Waals surface area contributed by atoms with Gasteiger partial charge in [-0.05, 0) is 43.3 Å². The van der Waals surface area contributed by atoms with Crippen LogP contribution < -0.4 is 0 Å². The molecule has 3 aromatic rings. The number of esters is 1. The second kappa shape index (κ2) is 6.79. The molecule has 23 heavy (non-hydrogen) atoms. The highest BCUT2D eigenvalue weighted by Crippen LogP contribution is 2.22. The van der Waals surface area contributed by atoms with Crippen LogP contribution >= 0.6 is 15.9 Å². The molecule has 0 aliphatic rings. The van der Waals surface area contributed by atoms with Gasteiger partial charge in [-0.25, -0.2) is 9.78 Å². The smallest absolute Gasteiger partial charge is 0.338 e. The molecule has 4 nitrogen and oxygen atoms in total. The molecule has 0 amide bonds. The average molecular weight is 372 g/mol. The Kier molecular flexibility index (Phi) is 4.57. The third-order valence-corrected chi connectivity index (χ3v) is 3.86. The first-order valence-corrected chi connectivity index (χ1v) is 7.87. The van der Waals surface area contributed by atoms with Crippen LogP contribution in [-0.4, -0.2) is 11.0 Å². The zero-order valence-corrected chi connectivity index (χ0v) is 14.0. The molecule has 0 fully saturated rings. The van der Waals surface area contributed by atoms with Gasteiger partial charge in [-0.2, -0.15) is 0 Å². The van der Waals surface area contributed by atoms with Crippen LogP contribution in [0, 0.1) is 6.92 Å². The van der Waals surface area contributed by atoms with Crippen molar-refractivity contribution in [2.45, 2.75) is 13.5 Å². The zero-order chi connectivity index (χ0) is 16.2. The summed E-state index contributed by atoms with van der Waals surface area (Å²) in [6.07, 6.45) is 0. The van der Waals surface area contributed by atoms with Gasteiger partial charge in [0.05, 0.1) is 5.56 Å². The van der Waals surface area contributed by atoms with Crippen molar-refractivity contribution in [1.82, 2.24) is 4.98 Å². The predicted molar refractivity (Wildman–Crippen MR) is 89.9 cm³/mol. The second-order valence-corrected chi connectivity index (χ2v) is 5.89. The van der Waals surface area contributed by atoms with Gasteiger partial charge < -0.3 is 9.15 Å². The Morgan fingerprint density at radius 1 is 1.13 bits per heavy atom. The Morgan fingerprint density at radius 2 is 1.83 bits per heavy atom. The molecular formula is C18H14BrNO3. The number of nitrogens with zero attached hydrogens (tertiary/aromatic N) is 1. The summed E-state index contributed by atoms with van der Waals surface area (Å²) >= 11 is 3.33. The lowest BCUT2D eigenvalue weighted by molar-refractivity contribution is 0.0467. The largest absolute Gasteiger partial charge is 0.455 e. The summed E-state index contributed by atoms with van der Waals surface area (Å²) in [4.78, 5) is 16.4. The van der Waals surface area contributed by atoms with E-state index in [-0.39, 0.29) is 12.6 Å².